The minimum atomic E-state index is -0.871. The SMILES string of the molecule is CSc1cc(C(=O)NCC2(C(=O)O)CC2)c(Cl)cc1Cl. The highest BCUT2D eigenvalue weighted by atomic mass is 35.5. The van der Waals surface area contributed by atoms with E-state index in [0.29, 0.717) is 23.4 Å². The van der Waals surface area contributed by atoms with Crippen LogP contribution in [0.1, 0.15) is 23.2 Å². The standard InChI is InChI=1S/C13H13Cl2NO3S/c1-20-10-4-7(8(14)5-9(10)15)11(17)16-6-13(2-3-13)12(18)19/h4-5H,2-3,6H2,1H3,(H,16,17)(H,18,19). The molecular weight excluding hydrogens is 321 g/mol. The van der Waals surface area contributed by atoms with Crippen LogP contribution in [-0.4, -0.2) is 29.8 Å². The quantitative estimate of drug-likeness (QED) is 0.811. The summed E-state index contributed by atoms with van der Waals surface area (Å²) in [4.78, 5) is 23.9. The molecule has 1 fully saturated rings. The van der Waals surface area contributed by atoms with Crippen molar-refractivity contribution in [2.45, 2.75) is 17.7 Å². The van der Waals surface area contributed by atoms with Gasteiger partial charge in [-0.3, -0.25) is 9.59 Å². The number of hydrogen-bond donors (Lipinski definition) is 2. The summed E-state index contributed by atoms with van der Waals surface area (Å²) in [6, 6.07) is 3.14. The number of thioether (sulfide) groups is 1. The van der Waals surface area contributed by atoms with E-state index in [2.05, 4.69) is 5.32 Å². The van der Waals surface area contributed by atoms with E-state index < -0.39 is 11.4 Å². The Morgan fingerprint density at radius 3 is 2.50 bits per heavy atom. The summed E-state index contributed by atoms with van der Waals surface area (Å²) in [5.41, 5.74) is -0.488. The zero-order valence-corrected chi connectivity index (χ0v) is 13.0. The van der Waals surface area contributed by atoms with Crippen molar-refractivity contribution in [3.05, 3.63) is 27.7 Å². The largest absolute Gasteiger partial charge is 0.481 e. The lowest BCUT2D eigenvalue weighted by Gasteiger charge is -2.13. The highest BCUT2D eigenvalue weighted by Crippen LogP contribution is 2.45. The maximum Gasteiger partial charge on any atom is 0.311 e. The molecule has 1 saturated carbocycles. The van der Waals surface area contributed by atoms with Gasteiger partial charge in [0, 0.05) is 11.4 Å². The topological polar surface area (TPSA) is 66.4 Å². The Bertz CT molecular complexity index is 573. The summed E-state index contributed by atoms with van der Waals surface area (Å²) >= 11 is 13.4. The molecule has 1 aromatic rings. The van der Waals surface area contributed by atoms with Crippen molar-refractivity contribution in [2.24, 2.45) is 5.41 Å². The van der Waals surface area contributed by atoms with E-state index in [-0.39, 0.29) is 17.5 Å². The maximum absolute atomic E-state index is 12.1. The number of amides is 1. The zero-order valence-electron chi connectivity index (χ0n) is 10.7. The lowest BCUT2D eigenvalue weighted by Crippen LogP contribution is -2.34. The summed E-state index contributed by atoms with van der Waals surface area (Å²) in [7, 11) is 0. The molecule has 1 aliphatic rings. The van der Waals surface area contributed by atoms with Crippen LogP contribution < -0.4 is 5.32 Å². The predicted octanol–water partition coefficient (Wildman–Crippen LogP) is 3.31. The second-order valence-corrected chi connectivity index (χ2v) is 6.40. The summed E-state index contributed by atoms with van der Waals surface area (Å²) in [6.07, 6.45) is 3.03. The van der Waals surface area contributed by atoms with E-state index in [1.807, 2.05) is 6.26 Å². The van der Waals surface area contributed by atoms with Gasteiger partial charge >= 0.3 is 5.97 Å². The van der Waals surface area contributed by atoms with E-state index in [4.69, 9.17) is 28.3 Å². The van der Waals surface area contributed by atoms with E-state index in [1.165, 1.54) is 17.8 Å². The number of benzene rings is 1. The van der Waals surface area contributed by atoms with Crippen molar-refractivity contribution in [1.82, 2.24) is 5.32 Å². The van der Waals surface area contributed by atoms with Gasteiger partial charge < -0.3 is 10.4 Å². The molecule has 2 rings (SSSR count). The van der Waals surface area contributed by atoms with Crippen molar-refractivity contribution in [3.63, 3.8) is 0 Å². The van der Waals surface area contributed by atoms with Gasteiger partial charge in [0.1, 0.15) is 0 Å². The second-order valence-electron chi connectivity index (χ2n) is 4.73. The number of aliphatic carboxylic acids is 1. The Balaban J connectivity index is 2.12. The van der Waals surface area contributed by atoms with Crippen molar-refractivity contribution in [1.29, 1.82) is 0 Å². The maximum atomic E-state index is 12.1. The number of hydrogen-bond acceptors (Lipinski definition) is 3. The van der Waals surface area contributed by atoms with Crippen molar-refractivity contribution in [3.8, 4) is 0 Å². The van der Waals surface area contributed by atoms with Gasteiger partial charge in [0.05, 0.1) is 21.0 Å². The first-order valence-electron chi connectivity index (χ1n) is 5.94. The highest BCUT2D eigenvalue weighted by molar-refractivity contribution is 7.98. The number of carbonyl (C=O) groups excluding carboxylic acids is 1. The molecule has 2 N–H and O–H groups in total. The molecule has 0 heterocycles. The lowest BCUT2D eigenvalue weighted by atomic mass is 10.1. The fraction of sp³-hybridized carbons (Fsp3) is 0.385. The minimum Gasteiger partial charge on any atom is -0.481 e. The van der Waals surface area contributed by atoms with Gasteiger partial charge in [0.15, 0.2) is 0 Å². The summed E-state index contributed by atoms with van der Waals surface area (Å²) in [6.45, 7) is 0.120. The van der Waals surface area contributed by atoms with Gasteiger partial charge in [0.2, 0.25) is 0 Å². The van der Waals surface area contributed by atoms with Crippen molar-refractivity contribution < 1.29 is 14.7 Å². The summed E-state index contributed by atoms with van der Waals surface area (Å²) < 4.78 is 0. The lowest BCUT2D eigenvalue weighted by molar-refractivity contribution is -0.143. The van der Waals surface area contributed by atoms with Gasteiger partial charge in [-0.25, -0.2) is 0 Å². The van der Waals surface area contributed by atoms with E-state index in [0.717, 1.165) is 4.90 Å². The Kier molecular flexibility index (Phi) is 4.52. The summed E-state index contributed by atoms with van der Waals surface area (Å²) in [5.74, 6) is -1.25. The summed E-state index contributed by atoms with van der Waals surface area (Å²) in [5, 5.41) is 12.4. The molecule has 0 radical (unpaired) electrons. The first-order chi connectivity index (χ1) is 9.39. The molecule has 0 aromatic heterocycles. The van der Waals surface area contributed by atoms with Gasteiger partial charge in [-0.2, -0.15) is 0 Å². The third-order valence-electron chi connectivity index (χ3n) is 3.38. The molecule has 0 spiro atoms. The Morgan fingerprint density at radius 1 is 1.35 bits per heavy atom. The van der Waals surface area contributed by atoms with Gasteiger partial charge in [-0.1, -0.05) is 23.2 Å². The van der Waals surface area contributed by atoms with E-state index in [1.54, 1.807) is 6.07 Å². The van der Waals surface area contributed by atoms with Gasteiger partial charge in [-0.05, 0) is 31.2 Å². The zero-order chi connectivity index (χ0) is 14.9. The first-order valence-corrected chi connectivity index (χ1v) is 7.92. The molecule has 0 unspecified atom stereocenters. The van der Waals surface area contributed by atoms with Crippen LogP contribution in [0.3, 0.4) is 0 Å². The number of carboxylic acids is 1. The molecule has 1 aromatic carbocycles. The first kappa shape index (κ1) is 15.5. The van der Waals surface area contributed by atoms with Crippen LogP contribution in [-0.2, 0) is 4.79 Å². The molecule has 1 amide bonds. The second kappa shape index (κ2) is 5.84. The third kappa shape index (κ3) is 3.05. The molecule has 0 saturated heterocycles. The van der Waals surface area contributed by atoms with Crippen LogP contribution in [0.5, 0.6) is 0 Å². The van der Waals surface area contributed by atoms with Gasteiger partial charge in [-0.15, -0.1) is 11.8 Å². The number of carbonyl (C=O) groups is 2. The molecular formula is C13H13Cl2NO3S. The fourth-order valence-corrected chi connectivity index (χ4v) is 3.01. The molecule has 0 atom stereocenters. The predicted molar refractivity (Wildman–Crippen MR) is 79.9 cm³/mol. The Labute approximate surface area is 130 Å². The number of carboxylic acid groups (broad SMARTS) is 1. The number of nitrogens with one attached hydrogen (secondary N) is 1. The smallest absolute Gasteiger partial charge is 0.311 e. The highest BCUT2D eigenvalue weighted by Gasteiger charge is 2.50. The molecule has 20 heavy (non-hydrogen) atoms. The van der Waals surface area contributed by atoms with Crippen LogP contribution in [0.15, 0.2) is 17.0 Å². The van der Waals surface area contributed by atoms with E-state index >= 15 is 0 Å². The van der Waals surface area contributed by atoms with Crippen LogP contribution in [0.25, 0.3) is 0 Å². The number of halogens is 2. The van der Waals surface area contributed by atoms with Crippen LogP contribution in [0.2, 0.25) is 10.0 Å². The molecule has 0 aliphatic heterocycles. The Hall–Kier alpha value is -0.910. The monoisotopic (exact) mass is 333 g/mol. The normalized spacial score (nSPS) is 15.8. The average Bonchev–Trinajstić information content (AvgIpc) is 3.17. The fourth-order valence-electron chi connectivity index (χ4n) is 1.82. The van der Waals surface area contributed by atoms with Crippen molar-refractivity contribution >= 4 is 46.8 Å². The molecule has 1 aliphatic carbocycles. The van der Waals surface area contributed by atoms with Crippen LogP contribution in [0, 0.1) is 5.41 Å². The average molecular weight is 334 g/mol. The van der Waals surface area contributed by atoms with Crippen LogP contribution >= 0.6 is 35.0 Å². The number of rotatable bonds is 5. The minimum absolute atomic E-state index is 0.120. The molecule has 108 valence electrons. The molecule has 0 bridgehead atoms. The van der Waals surface area contributed by atoms with Crippen LogP contribution in [0.4, 0.5) is 0 Å². The molecule has 7 heteroatoms. The molecule has 4 nitrogen and oxygen atoms in total. The third-order valence-corrected chi connectivity index (χ3v) is 4.90. The van der Waals surface area contributed by atoms with Gasteiger partial charge in [0.25, 0.3) is 5.91 Å². The van der Waals surface area contributed by atoms with E-state index in [9.17, 15) is 9.59 Å². The van der Waals surface area contributed by atoms with Crippen molar-refractivity contribution in [2.75, 3.05) is 12.8 Å². The Morgan fingerprint density at radius 2 is 2.00 bits per heavy atom.